The molecule has 1 fully saturated rings. The van der Waals surface area contributed by atoms with Gasteiger partial charge in [-0.3, -0.25) is 0 Å². The third-order valence-corrected chi connectivity index (χ3v) is 3.25. The fraction of sp³-hybridized carbons (Fsp3) is 0.500. The van der Waals surface area contributed by atoms with Gasteiger partial charge in [-0.25, -0.2) is 4.79 Å². The van der Waals surface area contributed by atoms with Crippen LogP contribution < -0.4 is 5.32 Å². The number of nitrogens with one attached hydrogen (secondary N) is 1. The summed E-state index contributed by atoms with van der Waals surface area (Å²) in [6, 6.07) is 7.23. The normalized spacial score (nSPS) is 14.8. The third kappa shape index (κ3) is 3.86. The van der Waals surface area contributed by atoms with Crippen molar-refractivity contribution in [1.29, 1.82) is 0 Å². The minimum absolute atomic E-state index is 0.427. The monoisotopic (exact) mass is 233 g/mol. The first kappa shape index (κ1) is 12.1. The number of aromatic carboxylic acids is 1. The van der Waals surface area contributed by atoms with Crippen LogP contribution in [-0.4, -0.2) is 24.2 Å². The van der Waals surface area contributed by atoms with E-state index in [0.717, 1.165) is 31.0 Å². The van der Waals surface area contributed by atoms with Crippen LogP contribution in [0.2, 0.25) is 0 Å². The molecule has 1 aliphatic rings. The maximum Gasteiger partial charge on any atom is 0.335 e. The molecule has 1 aromatic carbocycles. The molecule has 0 heterocycles. The summed E-state index contributed by atoms with van der Waals surface area (Å²) in [6.07, 6.45) is 4.83. The van der Waals surface area contributed by atoms with E-state index in [4.69, 9.17) is 5.11 Å². The first-order valence-electron chi connectivity index (χ1n) is 6.29. The highest BCUT2D eigenvalue weighted by Gasteiger charge is 2.19. The van der Waals surface area contributed by atoms with Crippen LogP contribution in [0.15, 0.2) is 24.3 Å². The van der Waals surface area contributed by atoms with Gasteiger partial charge in [0.2, 0.25) is 0 Å². The second-order valence-corrected chi connectivity index (χ2v) is 4.69. The predicted molar refractivity (Wildman–Crippen MR) is 67.3 cm³/mol. The summed E-state index contributed by atoms with van der Waals surface area (Å²) in [4.78, 5) is 11.0. The first-order chi connectivity index (χ1) is 8.27. The second-order valence-electron chi connectivity index (χ2n) is 4.69. The number of hydrogen-bond acceptors (Lipinski definition) is 2. The molecule has 3 nitrogen and oxygen atoms in total. The van der Waals surface area contributed by atoms with Crippen molar-refractivity contribution in [3.8, 4) is 0 Å². The van der Waals surface area contributed by atoms with Gasteiger partial charge in [0.1, 0.15) is 0 Å². The van der Waals surface area contributed by atoms with E-state index in [1.54, 1.807) is 12.1 Å². The lowest BCUT2D eigenvalue weighted by Crippen LogP contribution is -2.19. The number of rotatable bonds is 7. The lowest BCUT2D eigenvalue weighted by Gasteiger charge is -2.07. The molecule has 0 aliphatic heterocycles. The van der Waals surface area contributed by atoms with E-state index in [9.17, 15) is 4.79 Å². The lowest BCUT2D eigenvalue weighted by molar-refractivity contribution is 0.0695. The maximum absolute atomic E-state index is 11.0. The smallest absolute Gasteiger partial charge is 0.335 e. The zero-order valence-electron chi connectivity index (χ0n) is 9.98. The van der Waals surface area contributed by atoms with Crippen LogP contribution in [0.25, 0.3) is 0 Å². The molecule has 0 spiro atoms. The van der Waals surface area contributed by atoms with Crippen molar-refractivity contribution < 1.29 is 9.90 Å². The molecule has 0 saturated heterocycles. The van der Waals surface area contributed by atoms with Crippen molar-refractivity contribution >= 4 is 5.97 Å². The average molecular weight is 233 g/mol. The average Bonchev–Trinajstić information content (AvgIpc) is 3.13. The van der Waals surface area contributed by atoms with Gasteiger partial charge in [-0.1, -0.05) is 31.0 Å². The summed E-state index contributed by atoms with van der Waals surface area (Å²) in [6.45, 7) is 1.91. The molecular weight excluding hydrogens is 214 g/mol. The van der Waals surface area contributed by atoms with E-state index < -0.39 is 5.97 Å². The molecule has 17 heavy (non-hydrogen) atoms. The van der Waals surface area contributed by atoms with E-state index in [2.05, 4.69) is 5.32 Å². The maximum atomic E-state index is 11.0. The molecule has 0 aromatic heterocycles. The number of hydrogen-bond donors (Lipinski definition) is 2. The Kier molecular flexibility index (Phi) is 4.15. The van der Waals surface area contributed by atoms with E-state index in [-0.39, 0.29) is 0 Å². The van der Waals surface area contributed by atoms with Crippen molar-refractivity contribution in [2.24, 2.45) is 5.92 Å². The van der Waals surface area contributed by atoms with Crippen LogP contribution in [0.1, 0.15) is 35.2 Å². The Bertz CT molecular complexity index is 386. The van der Waals surface area contributed by atoms with Crippen LogP contribution >= 0.6 is 0 Å². The molecule has 1 aliphatic carbocycles. The molecule has 0 bridgehead atoms. The molecule has 92 valence electrons. The molecule has 1 saturated carbocycles. The summed E-state index contributed by atoms with van der Waals surface area (Å²) in [7, 11) is 0. The zero-order valence-corrected chi connectivity index (χ0v) is 9.98. The minimum atomic E-state index is -0.835. The van der Waals surface area contributed by atoms with Gasteiger partial charge >= 0.3 is 5.97 Å². The number of carboxylic acids is 1. The van der Waals surface area contributed by atoms with Gasteiger partial charge in [-0.2, -0.15) is 0 Å². The van der Waals surface area contributed by atoms with Gasteiger partial charge in [0.25, 0.3) is 0 Å². The van der Waals surface area contributed by atoms with E-state index >= 15 is 0 Å². The largest absolute Gasteiger partial charge is 0.478 e. The zero-order chi connectivity index (χ0) is 12.1. The Labute approximate surface area is 102 Å². The van der Waals surface area contributed by atoms with Crippen molar-refractivity contribution in [3.05, 3.63) is 35.4 Å². The molecule has 0 amide bonds. The van der Waals surface area contributed by atoms with Crippen LogP contribution in [0, 0.1) is 5.92 Å². The Hall–Kier alpha value is -1.35. The second kappa shape index (κ2) is 5.82. The summed E-state index contributed by atoms with van der Waals surface area (Å²) >= 11 is 0. The highest BCUT2D eigenvalue weighted by atomic mass is 16.4. The molecule has 0 radical (unpaired) electrons. The van der Waals surface area contributed by atoms with Gasteiger partial charge in [0.15, 0.2) is 0 Å². The standard InChI is InChI=1S/C14H19NO2/c16-14(17)13-4-2-1-3-12(13)8-10-15-9-7-11-5-6-11/h1-4,11,15H,5-10H2,(H,16,17). The fourth-order valence-electron chi connectivity index (χ4n) is 2.01. The number of carboxylic acid groups (broad SMARTS) is 1. The van der Waals surface area contributed by atoms with E-state index in [1.165, 1.54) is 19.3 Å². The summed E-state index contributed by atoms with van der Waals surface area (Å²) in [5.41, 5.74) is 1.34. The summed E-state index contributed by atoms with van der Waals surface area (Å²) in [5, 5.41) is 12.4. The van der Waals surface area contributed by atoms with Gasteiger partial charge in [-0.15, -0.1) is 0 Å². The summed E-state index contributed by atoms with van der Waals surface area (Å²) < 4.78 is 0. The quantitative estimate of drug-likeness (QED) is 0.710. The van der Waals surface area contributed by atoms with Crippen LogP contribution in [0.3, 0.4) is 0 Å². The molecule has 0 atom stereocenters. The van der Waals surface area contributed by atoms with Crippen molar-refractivity contribution in [1.82, 2.24) is 5.32 Å². The van der Waals surface area contributed by atoms with Crippen molar-refractivity contribution in [3.63, 3.8) is 0 Å². The third-order valence-electron chi connectivity index (χ3n) is 3.25. The van der Waals surface area contributed by atoms with Gasteiger partial charge < -0.3 is 10.4 Å². The van der Waals surface area contributed by atoms with Gasteiger partial charge in [0.05, 0.1) is 5.56 Å². The Morgan fingerprint density at radius 2 is 2.06 bits per heavy atom. The molecule has 2 rings (SSSR count). The highest BCUT2D eigenvalue weighted by Crippen LogP contribution is 2.31. The van der Waals surface area contributed by atoms with E-state index in [1.807, 2.05) is 12.1 Å². The van der Waals surface area contributed by atoms with Crippen LogP contribution in [0.4, 0.5) is 0 Å². The Morgan fingerprint density at radius 1 is 1.29 bits per heavy atom. The molecule has 0 unspecified atom stereocenters. The highest BCUT2D eigenvalue weighted by molar-refractivity contribution is 5.89. The van der Waals surface area contributed by atoms with Crippen molar-refractivity contribution in [2.45, 2.75) is 25.7 Å². The fourth-order valence-corrected chi connectivity index (χ4v) is 2.01. The number of benzene rings is 1. The topological polar surface area (TPSA) is 49.3 Å². The lowest BCUT2D eigenvalue weighted by atomic mass is 10.0. The van der Waals surface area contributed by atoms with Gasteiger partial charge in [0, 0.05) is 0 Å². The number of carbonyl (C=O) groups is 1. The minimum Gasteiger partial charge on any atom is -0.478 e. The van der Waals surface area contributed by atoms with Crippen molar-refractivity contribution in [2.75, 3.05) is 13.1 Å². The summed E-state index contributed by atoms with van der Waals surface area (Å²) in [5.74, 6) is 0.118. The molecular formula is C14H19NO2. The molecule has 1 aromatic rings. The Morgan fingerprint density at radius 3 is 2.76 bits per heavy atom. The van der Waals surface area contributed by atoms with Crippen LogP contribution in [0.5, 0.6) is 0 Å². The first-order valence-corrected chi connectivity index (χ1v) is 6.29. The molecule has 3 heteroatoms. The Balaban J connectivity index is 1.75. The van der Waals surface area contributed by atoms with Crippen LogP contribution in [-0.2, 0) is 6.42 Å². The predicted octanol–water partition coefficient (Wildman–Crippen LogP) is 2.32. The van der Waals surface area contributed by atoms with Gasteiger partial charge in [-0.05, 0) is 43.5 Å². The SMILES string of the molecule is O=C(O)c1ccccc1CCNCCC1CC1. The van der Waals surface area contributed by atoms with E-state index in [0.29, 0.717) is 5.56 Å². The molecule has 2 N–H and O–H groups in total.